The van der Waals surface area contributed by atoms with Crippen molar-refractivity contribution in [3.05, 3.63) is 64.0 Å². The molecule has 0 radical (unpaired) electrons. The predicted molar refractivity (Wildman–Crippen MR) is 89.9 cm³/mol. The average molecular weight is 325 g/mol. The second kappa shape index (κ2) is 6.66. The number of imidazole rings is 1. The Morgan fingerprint density at radius 1 is 1.29 bits per heavy atom. The van der Waals surface area contributed by atoms with E-state index < -0.39 is 0 Å². The Morgan fingerprint density at radius 2 is 2.12 bits per heavy atom. The number of carbonyl (C=O) groups excluding carboxylic acids is 1. The average Bonchev–Trinajstić information content (AvgIpc) is 2.95. The first-order chi connectivity index (χ1) is 11.5. The van der Waals surface area contributed by atoms with Crippen molar-refractivity contribution in [1.29, 1.82) is 0 Å². The van der Waals surface area contributed by atoms with Gasteiger partial charge in [-0.3, -0.25) is 9.59 Å². The van der Waals surface area contributed by atoms with Crippen molar-refractivity contribution in [2.24, 2.45) is 0 Å². The number of amides is 1. The number of aromatic nitrogens is 4. The van der Waals surface area contributed by atoms with Crippen molar-refractivity contribution in [2.75, 3.05) is 6.54 Å². The van der Waals surface area contributed by atoms with Crippen molar-refractivity contribution >= 4 is 11.6 Å². The largest absolute Gasteiger partial charge is 0.354 e. The maximum absolute atomic E-state index is 12.0. The molecule has 0 spiro atoms. The first-order valence-corrected chi connectivity index (χ1v) is 7.77. The summed E-state index contributed by atoms with van der Waals surface area (Å²) in [7, 11) is 0. The van der Waals surface area contributed by atoms with Crippen LogP contribution in [0.25, 0.3) is 5.65 Å². The smallest absolute Gasteiger partial charge is 0.267 e. The van der Waals surface area contributed by atoms with Gasteiger partial charge in [-0.15, -0.1) is 0 Å². The predicted octanol–water partition coefficient (Wildman–Crippen LogP) is 0.867. The van der Waals surface area contributed by atoms with E-state index in [-0.39, 0.29) is 18.0 Å². The summed E-state index contributed by atoms with van der Waals surface area (Å²) in [6.45, 7) is 4.02. The molecule has 0 aliphatic rings. The molecule has 0 saturated carbocycles. The number of carbonyl (C=O) groups is 1. The summed E-state index contributed by atoms with van der Waals surface area (Å²) in [6.07, 6.45) is 4.50. The van der Waals surface area contributed by atoms with Crippen molar-refractivity contribution in [1.82, 2.24) is 24.5 Å². The minimum absolute atomic E-state index is 0.0783. The maximum Gasteiger partial charge on any atom is 0.267 e. The van der Waals surface area contributed by atoms with Crippen molar-refractivity contribution in [3.63, 3.8) is 0 Å². The van der Waals surface area contributed by atoms with E-state index in [0.717, 1.165) is 22.6 Å². The molecule has 124 valence electrons. The Morgan fingerprint density at radius 3 is 2.92 bits per heavy atom. The minimum atomic E-state index is -0.270. The van der Waals surface area contributed by atoms with Gasteiger partial charge in [-0.05, 0) is 31.5 Å². The fourth-order valence-electron chi connectivity index (χ4n) is 2.42. The molecule has 0 unspecified atom stereocenters. The van der Waals surface area contributed by atoms with Crippen molar-refractivity contribution < 1.29 is 4.79 Å². The zero-order valence-corrected chi connectivity index (χ0v) is 13.7. The lowest BCUT2D eigenvalue weighted by atomic mass is 10.2. The van der Waals surface area contributed by atoms with Gasteiger partial charge in [0.1, 0.15) is 12.2 Å². The lowest BCUT2D eigenvalue weighted by molar-refractivity contribution is -0.121. The number of hydrogen-bond donors (Lipinski definition) is 1. The summed E-state index contributed by atoms with van der Waals surface area (Å²) in [5, 5.41) is 6.93. The van der Waals surface area contributed by atoms with Crippen LogP contribution >= 0.6 is 0 Å². The maximum atomic E-state index is 12.0. The molecule has 0 fully saturated rings. The molecule has 0 aliphatic heterocycles. The summed E-state index contributed by atoms with van der Waals surface area (Å²) in [4.78, 5) is 28.3. The molecule has 0 aliphatic carbocycles. The van der Waals surface area contributed by atoms with Gasteiger partial charge in [0.05, 0.1) is 11.4 Å². The molecule has 1 N–H and O–H groups in total. The fourth-order valence-corrected chi connectivity index (χ4v) is 2.42. The third kappa shape index (κ3) is 3.51. The summed E-state index contributed by atoms with van der Waals surface area (Å²) in [6, 6.07) is 7.29. The zero-order chi connectivity index (χ0) is 17.1. The second-order valence-electron chi connectivity index (χ2n) is 5.71. The summed E-state index contributed by atoms with van der Waals surface area (Å²) < 4.78 is 3.12. The van der Waals surface area contributed by atoms with Crippen LogP contribution in [-0.4, -0.2) is 31.6 Å². The lowest BCUT2D eigenvalue weighted by Crippen LogP contribution is -2.34. The molecule has 7 nitrogen and oxygen atoms in total. The van der Waals surface area contributed by atoms with Crippen LogP contribution in [0.3, 0.4) is 0 Å². The Hall–Kier alpha value is -2.96. The van der Waals surface area contributed by atoms with Crippen LogP contribution in [0.5, 0.6) is 0 Å². The monoisotopic (exact) mass is 325 g/mol. The van der Waals surface area contributed by atoms with Crippen LogP contribution in [0, 0.1) is 13.8 Å². The van der Waals surface area contributed by atoms with Gasteiger partial charge in [0, 0.05) is 31.4 Å². The van der Waals surface area contributed by atoms with E-state index in [2.05, 4.69) is 15.4 Å². The summed E-state index contributed by atoms with van der Waals surface area (Å²) >= 11 is 0. The molecule has 3 aromatic heterocycles. The first-order valence-electron chi connectivity index (χ1n) is 7.77. The van der Waals surface area contributed by atoms with E-state index in [1.54, 1.807) is 0 Å². The topological polar surface area (TPSA) is 81.3 Å². The minimum Gasteiger partial charge on any atom is -0.354 e. The third-order valence-corrected chi connectivity index (χ3v) is 3.85. The van der Waals surface area contributed by atoms with Gasteiger partial charge in [0.15, 0.2) is 0 Å². The van der Waals surface area contributed by atoms with E-state index in [9.17, 15) is 9.59 Å². The number of nitrogens with one attached hydrogen (secondary N) is 1. The number of rotatable bonds is 5. The first kappa shape index (κ1) is 15.9. The van der Waals surface area contributed by atoms with Gasteiger partial charge in [-0.1, -0.05) is 6.07 Å². The molecule has 24 heavy (non-hydrogen) atoms. The molecule has 0 saturated heterocycles. The molecule has 0 aromatic carbocycles. The Labute approximate surface area is 139 Å². The van der Waals surface area contributed by atoms with Crippen LogP contribution in [0.1, 0.15) is 17.0 Å². The molecule has 0 atom stereocenters. The highest BCUT2D eigenvalue weighted by atomic mass is 16.2. The van der Waals surface area contributed by atoms with E-state index in [4.69, 9.17) is 0 Å². The highest BCUT2D eigenvalue weighted by Crippen LogP contribution is 2.04. The third-order valence-electron chi connectivity index (χ3n) is 3.85. The Bertz CT molecular complexity index is 909. The summed E-state index contributed by atoms with van der Waals surface area (Å²) in [5.41, 5.74) is 3.08. The fraction of sp³-hybridized carbons (Fsp3) is 0.294. The normalized spacial score (nSPS) is 10.9. The van der Waals surface area contributed by atoms with E-state index in [1.807, 2.05) is 48.8 Å². The molecule has 3 aromatic rings. The number of nitrogens with zero attached hydrogens (tertiary/aromatic N) is 4. The molecule has 3 heterocycles. The molecule has 7 heteroatoms. The highest BCUT2D eigenvalue weighted by Gasteiger charge is 2.08. The van der Waals surface area contributed by atoms with Gasteiger partial charge in [-0.25, -0.2) is 9.67 Å². The van der Waals surface area contributed by atoms with E-state index in [0.29, 0.717) is 13.0 Å². The Balaban J connectivity index is 1.56. The second-order valence-corrected chi connectivity index (χ2v) is 5.71. The standard InChI is InChI=1S/C17H19N5O2/c1-12-9-17(24)22(20-13(12)2)11-16(23)18-7-6-14-10-21-8-4-3-5-15(21)19-14/h3-5,8-10H,6-7,11H2,1-2H3,(H,18,23). The van der Waals surface area contributed by atoms with Gasteiger partial charge in [0.2, 0.25) is 5.91 Å². The van der Waals surface area contributed by atoms with E-state index in [1.165, 1.54) is 10.7 Å². The van der Waals surface area contributed by atoms with Crippen LogP contribution in [0.2, 0.25) is 0 Å². The van der Waals surface area contributed by atoms with Crippen molar-refractivity contribution in [3.8, 4) is 0 Å². The van der Waals surface area contributed by atoms with Gasteiger partial charge in [-0.2, -0.15) is 5.10 Å². The lowest BCUT2D eigenvalue weighted by Gasteiger charge is -2.07. The van der Waals surface area contributed by atoms with Crippen molar-refractivity contribution in [2.45, 2.75) is 26.8 Å². The zero-order valence-electron chi connectivity index (χ0n) is 13.7. The number of aryl methyl sites for hydroxylation is 2. The number of hydrogen-bond acceptors (Lipinski definition) is 4. The number of pyridine rings is 1. The van der Waals surface area contributed by atoms with E-state index >= 15 is 0 Å². The molecule has 0 bridgehead atoms. The van der Waals surface area contributed by atoms with Gasteiger partial charge < -0.3 is 9.72 Å². The molecule has 1 amide bonds. The van der Waals surface area contributed by atoms with Gasteiger partial charge in [0.25, 0.3) is 5.56 Å². The molecule has 3 rings (SSSR count). The van der Waals surface area contributed by atoms with Crippen LogP contribution in [0.15, 0.2) is 41.5 Å². The number of fused-ring (bicyclic) bond motifs is 1. The quantitative estimate of drug-likeness (QED) is 0.754. The molecular weight excluding hydrogens is 306 g/mol. The highest BCUT2D eigenvalue weighted by molar-refractivity contribution is 5.75. The Kier molecular flexibility index (Phi) is 4.41. The van der Waals surface area contributed by atoms with Gasteiger partial charge >= 0.3 is 0 Å². The molecular formula is C17H19N5O2. The SMILES string of the molecule is Cc1cc(=O)n(CC(=O)NCCc2cn3ccccc3n2)nc1C. The summed E-state index contributed by atoms with van der Waals surface area (Å²) in [5.74, 6) is -0.239. The van der Waals surface area contributed by atoms with Crippen LogP contribution in [0.4, 0.5) is 0 Å². The van der Waals surface area contributed by atoms with Crippen LogP contribution < -0.4 is 10.9 Å². The van der Waals surface area contributed by atoms with Crippen LogP contribution in [-0.2, 0) is 17.8 Å².